The minimum absolute atomic E-state index is 0.0648. The van der Waals surface area contributed by atoms with Crippen LogP contribution in [0.15, 0.2) is 158 Å². The van der Waals surface area contributed by atoms with E-state index in [-0.39, 0.29) is 12.1 Å². The van der Waals surface area contributed by atoms with Gasteiger partial charge in [-0.3, -0.25) is 4.90 Å². The van der Waals surface area contributed by atoms with Crippen LogP contribution in [0.1, 0.15) is 35.7 Å². The van der Waals surface area contributed by atoms with Crippen molar-refractivity contribution in [3.63, 3.8) is 0 Å². The third-order valence-electron chi connectivity index (χ3n) is 7.91. The van der Waals surface area contributed by atoms with E-state index in [9.17, 15) is 0 Å². The van der Waals surface area contributed by atoms with E-state index in [2.05, 4.69) is 177 Å². The molecule has 1 nitrogen and oxygen atoms in total. The topological polar surface area (TPSA) is 3.24 Å². The van der Waals surface area contributed by atoms with E-state index in [1.54, 1.807) is 0 Å². The highest BCUT2D eigenvalue weighted by Gasteiger charge is 2.31. The lowest BCUT2D eigenvalue weighted by atomic mass is 9.91. The summed E-state index contributed by atoms with van der Waals surface area (Å²) in [5, 5.41) is 6.74. The van der Waals surface area contributed by atoms with Crippen LogP contribution in [-0.2, 0) is 0 Å². The first-order valence-corrected chi connectivity index (χ1v) is 15.3. The largest absolute Gasteiger partial charge is 0.289 e. The highest BCUT2D eigenvalue weighted by molar-refractivity contribution is 7.80. The maximum atomic E-state index is 2.56. The van der Waals surface area contributed by atoms with E-state index in [1.165, 1.54) is 43.4 Å². The zero-order valence-electron chi connectivity index (χ0n) is 23.1. The number of hydrogen-bond acceptors (Lipinski definition) is 1. The standard InChI is InChI=1S/C38H34NP/c1-29(30-17-7-3-8-18-30)39(2)38(32-20-9-4-10-21-32)37-35-26-16-15-19-31(35)27-28-36(37)40(33-22-11-5-12-23-33)34-24-13-6-14-25-34/h3-29,38H,1-2H3/t29-,38-/m1/s1. The van der Waals surface area contributed by atoms with E-state index in [1.807, 2.05) is 0 Å². The van der Waals surface area contributed by atoms with Crippen LogP contribution in [0.5, 0.6) is 0 Å². The zero-order valence-corrected chi connectivity index (χ0v) is 24.0. The van der Waals surface area contributed by atoms with Crippen LogP contribution < -0.4 is 15.9 Å². The lowest BCUT2D eigenvalue weighted by molar-refractivity contribution is 0.215. The summed E-state index contributed by atoms with van der Waals surface area (Å²) in [5.74, 6) is 0. The molecule has 6 aromatic carbocycles. The molecule has 0 amide bonds. The normalized spacial score (nSPS) is 13.0. The third kappa shape index (κ3) is 5.24. The van der Waals surface area contributed by atoms with Gasteiger partial charge in [0.05, 0.1) is 6.04 Å². The summed E-state index contributed by atoms with van der Waals surface area (Å²) in [6.45, 7) is 2.33. The van der Waals surface area contributed by atoms with Gasteiger partial charge in [0.2, 0.25) is 0 Å². The molecule has 0 aliphatic heterocycles. The first-order valence-electron chi connectivity index (χ1n) is 14.0. The van der Waals surface area contributed by atoms with Crippen LogP contribution in [0.25, 0.3) is 10.8 Å². The van der Waals surface area contributed by atoms with Gasteiger partial charge in [-0.2, -0.15) is 0 Å². The van der Waals surface area contributed by atoms with E-state index >= 15 is 0 Å². The first-order chi connectivity index (χ1) is 19.7. The number of fused-ring (bicyclic) bond motifs is 1. The molecular formula is C38H34NP. The molecule has 6 aromatic rings. The molecular weight excluding hydrogens is 501 g/mol. The highest BCUT2D eigenvalue weighted by atomic mass is 31.1. The van der Waals surface area contributed by atoms with Crippen molar-refractivity contribution in [3.8, 4) is 0 Å². The minimum atomic E-state index is -0.788. The van der Waals surface area contributed by atoms with Crippen molar-refractivity contribution in [1.82, 2.24) is 4.90 Å². The molecule has 0 fully saturated rings. The number of rotatable bonds is 8. The zero-order chi connectivity index (χ0) is 27.3. The van der Waals surface area contributed by atoms with Gasteiger partial charge in [-0.15, -0.1) is 0 Å². The van der Waals surface area contributed by atoms with Crippen molar-refractivity contribution in [2.24, 2.45) is 0 Å². The Bertz CT molecular complexity index is 1630. The lowest BCUT2D eigenvalue weighted by Gasteiger charge is -2.37. The second-order valence-electron chi connectivity index (χ2n) is 10.3. The Labute approximate surface area is 239 Å². The molecule has 0 aromatic heterocycles. The Morgan fingerprint density at radius 3 is 1.55 bits per heavy atom. The maximum Gasteiger partial charge on any atom is 0.0616 e. The van der Waals surface area contributed by atoms with E-state index < -0.39 is 7.92 Å². The second kappa shape index (κ2) is 12.0. The number of nitrogens with zero attached hydrogens (tertiary/aromatic N) is 1. The molecule has 0 radical (unpaired) electrons. The molecule has 0 saturated heterocycles. The second-order valence-corrected chi connectivity index (χ2v) is 12.5. The molecule has 0 heterocycles. The molecule has 0 bridgehead atoms. The van der Waals surface area contributed by atoms with Crippen molar-refractivity contribution in [1.29, 1.82) is 0 Å². The van der Waals surface area contributed by atoms with Gasteiger partial charge >= 0.3 is 0 Å². The predicted octanol–water partition coefficient (Wildman–Crippen LogP) is 8.38. The van der Waals surface area contributed by atoms with Gasteiger partial charge < -0.3 is 0 Å². The summed E-state index contributed by atoms with van der Waals surface area (Å²) in [7, 11) is 1.50. The Morgan fingerprint density at radius 2 is 0.975 bits per heavy atom. The fourth-order valence-corrected chi connectivity index (χ4v) is 8.28. The average Bonchev–Trinajstić information content (AvgIpc) is 3.03. The fourth-order valence-electron chi connectivity index (χ4n) is 5.78. The minimum Gasteiger partial charge on any atom is -0.289 e. The summed E-state index contributed by atoms with van der Waals surface area (Å²) in [4.78, 5) is 2.56. The predicted molar refractivity (Wildman–Crippen MR) is 174 cm³/mol. The van der Waals surface area contributed by atoms with Gasteiger partial charge in [0.1, 0.15) is 0 Å². The third-order valence-corrected chi connectivity index (χ3v) is 10.4. The molecule has 40 heavy (non-hydrogen) atoms. The van der Waals surface area contributed by atoms with Crippen molar-refractivity contribution >= 4 is 34.6 Å². The van der Waals surface area contributed by atoms with Gasteiger partial charge in [0, 0.05) is 6.04 Å². The van der Waals surface area contributed by atoms with Gasteiger partial charge in [0.15, 0.2) is 0 Å². The molecule has 2 atom stereocenters. The summed E-state index contributed by atoms with van der Waals surface area (Å²) in [5.41, 5.74) is 4.02. The summed E-state index contributed by atoms with van der Waals surface area (Å²) in [6.07, 6.45) is 0. The van der Waals surface area contributed by atoms with Crippen LogP contribution in [-0.4, -0.2) is 11.9 Å². The van der Waals surface area contributed by atoms with Crippen LogP contribution in [0.3, 0.4) is 0 Å². The average molecular weight is 536 g/mol. The Balaban J connectivity index is 1.65. The Morgan fingerprint density at radius 1 is 0.500 bits per heavy atom. The van der Waals surface area contributed by atoms with E-state index in [4.69, 9.17) is 0 Å². The molecule has 0 unspecified atom stereocenters. The quantitative estimate of drug-likeness (QED) is 0.177. The molecule has 0 spiro atoms. The molecule has 196 valence electrons. The van der Waals surface area contributed by atoms with E-state index in [0.29, 0.717) is 0 Å². The lowest BCUT2D eigenvalue weighted by Crippen LogP contribution is -2.33. The van der Waals surface area contributed by atoms with Crippen LogP contribution in [0.2, 0.25) is 0 Å². The summed E-state index contributed by atoms with van der Waals surface area (Å²) < 4.78 is 0. The summed E-state index contributed by atoms with van der Waals surface area (Å²) >= 11 is 0. The van der Waals surface area contributed by atoms with Gasteiger partial charge in [-0.05, 0) is 65.3 Å². The van der Waals surface area contributed by atoms with Gasteiger partial charge in [-0.25, -0.2) is 0 Å². The van der Waals surface area contributed by atoms with Gasteiger partial charge in [-0.1, -0.05) is 158 Å². The van der Waals surface area contributed by atoms with Crippen molar-refractivity contribution in [2.45, 2.75) is 19.0 Å². The highest BCUT2D eigenvalue weighted by Crippen LogP contribution is 2.43. The maximum absolute atomic E-state index is 2.56. The van der Waals surface area contributed by atoms with Crippen molar-refractivity contribution < 1.29 is 0 Å². The van der Waals surface area contributed by atoms with E-state index in [0.717, 1.165) is 0 Å². The monoisotopic (exact) mass is 535 g/mol. The smallest absolute Gasteiger partial charge is 0.0616 e. The number of benzene rings is 6. The first kappa shape index (κ1) is 26.2. The molecule has 2 heteroatoms. The van der Waals surface area contributed by atoms with Crippen LogP contribution in [0.4, 0.5) is 0 Å². The molecule has 0 aliphatic carbocycles. The molecule has 0 saturated carbocycles. The molecule has 0 N–H and O–H groups in total. The fraction of sp³-hybridized carbons (Fsp3) is 0.105. The number of hydrogen-bond donors (Lipinski definition) is 0. The van der Waals surface area contributed by atoms with Crippen molar-refractivity contribution in [2.75, 3.05) is 7.05 Å². The van der Waals surface area contributed by atoms with Crippen LogP contribution >= 0.6 is 7.92 Å². The Hall–Kier alpha value is -4.03. The molecule has 0 aliphatic rings. The van der Waals surface area contributed by atoms with Gasteiger partial charge in [0.25, 0.3) is 0 Å². The van der Waals surface area contributed by atoms with Crippen molar-refractivity contribution in [3.05, 3.63) is 174 Å². The molecule has 6 rings (SSSR count). The Kier molecular flexibility index (Phi) is 7.87. The summed E-state index contributed by atoms with van der Waals surface area (Å²) in [6, 6.07) is 57.9. The SMILES string of the molecule is C[C@H](c1ccccc1)N(C)[C@H](c1ccccc1)c1c(P(c2ccccc2)c2ccccc2)ccc2ccccc12. The van der Waals surface area contributed by atoms with Crippen LogP contribution in [0, 0.1) is 0 Å².